The summed E-state index contributed by atoms with van der Waals surface area (Å²) < 4.78 is 1.61. The number of nitrogens with one attached hydrogen (secondary N) is 1. The van der Waals surface area contributed by atoms with Crippen molar-refractivity contribution in [1.82, 2.24) is 14.9 Å². The Morgan fingerprint density at radius 1 is 1.57 bits per heavy atom. The van der Waals surface area contributed by atoms with Gasteiger partial charge in [0.15, 0.2) is 0 Å². The summed E-state index contributed by atoms with van der Waals surface area (Å²) in [6.45, 7) is 3.77. The molecule has 0 spiro atoms. The SMILES string of the molecule is CCCC(=O)Nn1c(C)nnc1SC. The maximum Gasteiger partial charge on any atom is 0.238 e. The van der Waals surface area contributed by atoms with Crippen molar-refractivity contribution < 1.29 is 4.79 Å². The van der Waals surface area contributed by atoms with Gasteiger partial charge in [0.05, 0.1) is 0 Å². The van der Waals surface area contributed by atoms with Gasteiger partial charge in [0.2, 0.25) is 11.1 Å². The predicted molar refractivity (Wildman–Crippen MR) is 55.8 cm³/mol. The van der Waals surface area contributed by atoms with Crippen LogP contribution in [0.15, 0.2) is 5.16 Å². The summed E-state index contributed by atoms with van der Waals surface area (Å²) in [6, 6.07) is 0. The Balaban J connectivity index is 2.74. The number of hydrogen-bond donors (Lipinski definition) is 1. The van der Waals surface area contributed by atoms with Crippen molar-refractivity contribution in [2.24, 2.45) is 0 Å². The fourth-order valence-electron chi connectivity index (χ4n) is 1.01. The molecule has 1 aromatic heterocycles. The molecule has 5 nitrogen and oxygen atoms in total. The lowest BCUT2D eigenvalue weighted by Gasteiger charge is -2.07. The van der Waals surface area contributed by atoms with Gasteiger partial charge in [-0.2, -0.15) is 0 Å². The number of carbonyl (C=O) groups is 1. The number of aromatic nitrogens is 3. The minimum Gasteiger partial charge on any atom is -0.273 e. The van der Waals surface area contributed by atoms with Crippen LogP contribution in [-0.4, -0.2) is 27.0 Å². The van der Waals surface area contributed by atoms with Crippen LogP contribution in [0, 0.1) is 6.92 Å². The van der Waals surface area contributed by atoms with Crippen LogP contribution in [0.1, 0.15) is 25.6 Å². The first kappa shape index (κ1) is 11.0. The van der Waals surface area contributed by atoms with Crippen molar-refractivity contribution in [1.29, 1.82) is 0 Å². The quantitative estimate of drug-likeness (QED) is 0.764. The highest BCUT2D eigenvalue weighted by molar-refractivity contribution is 7.98. The minimum absolute atomic E-state index is 0.00861. The zero-order valence-corrected chi connectivity index (χ0v) is 9.39. The van der Waals surface area contributed by atoms with Gasteiger partial charge < -0.3 is 0 Å². The molecule has 0 fully saturated rings. The number of carbonyl (C=O) groups excluding carboxylic acids is 1. The largest absolute Gasteiger partial charge is 0.273 e. The van der Waals surface area contributed by atoms with E-state index in [0.717, 1.165) is 6.42 Å². The van der Waals surface area contributed by atoms with E-state index >= 15 is 0 Å². The normalized spacial score (nSPS) is 10.2. The summed E-state index contributed by atoms with van der Waals surface area (Å²) in [4.78, 5) is 11.3. The molecule has 0 unspecified atom stereocenters. The fraction of sp³-hybridized carbons (Fsp3) is 0.625. The number of nitrogens with zero attached hydrogens (tertiary/aromatic N) is 3. The second-order valence-electron chi connectivity index (χ2n) is 2.85. The molecule has 0 radical (unpaired) electrons. The fourth-order valence-corrected chi connectivity index (χ4v) is 1.49. The van der Waals surface area contributed by atoms with Crippen LogP contribution in [0.5, 0.6) is 0 Å². The van der Waals surface area contributed by atoms with Gasteiger partial charge in [0, 0.05) is 6.42 Å². The second kappa shape index (κ2) is 4.99. The maximum absolute atomic E-state index is 11.3. The van der Waals surface area contributed by atoms with Crippen molar-refractivity contribution in [3.8, 4) is 0 Å². The van der Waals surface area contributed by atoms with Crippen LogP contribution < -0.4 is 5.43 Å². The zero-order chi connectivity index (χ0) is 10.6. The van der Waals surface area contributed by atoms with Crippen LogP contribution in [0.25, 0.3) is 0 Å². The minimum atomic E-state index is -0.00861. The molecule has 0 aliphatic rings. The summed E-state index contributed by atoms with van der Waals surface area (Å²) in [6.07, 6.45) is 3.25. The zero-order valence-electron chi connectivity index (χ0n) is 8.57. The monoisotopic (exact) mass is 214 g/mol. The Bertz CT molecular complexity index is 323. The molecule has 6 heteroatoms. The van der Waals surface area contributed by atoms with Gasteiger partial charge in [0.1, 0.15) is 5.82 Å². The topological polar surface area (TPSA) is 59.8 Å². The molecule has 0 aliphatic carbocycles. The van der Waals surface area contributed by atoms with Crippen molar-refractivity contribution in [2.45, 2.75) is 31.8 Å². The van der Waals surface area contributed by atoms with Gasteiger partial charge in [0.25, 0.3) is 0 Å². The number of amides is 1. The molecule has 0 atom stereocenters. The predicted octanol–water partition coefficient (Wildman–Crippen LogP) is 1.18. The highest BCUT2D eigenvalue weighted by Crippen LogP contribution is 2.10. The van der Waals surface area contributed by atoms with Crippen molar-refractivity contribution >= 4 is 17.7 Å². The summed E-state index contributed by atoms with van der Waals surface area (Å²) in [7, 11) is 0. The summed E-state index contributed by atoms with van der Waals surface area (Å²) in [5.74, 6) is 0.685. The van der Waals surface area contributed by atoms with E-state index in [9.17, 15) is 4.79 Å². The van der Waals surface area contributed by atoms with Gasteiger partial charge in [-0.3, -0.25) is 10.2 Å². The smallest absolute Gasteiger partial charge is 0.238 e. The lowest BCUT2D eigenvalue weighted by atomic mass is 10.3. The van der Waals surface area contributed by atoms with E-state index in [0.29, 0.717) is 17.4 Å². The average Bonchev–Trinajstić information content (AvgIpc) is 2.48. The summed E-state index contributed by atoms with van der Waals surface area (Å²) in [5, 5.41) is 8.49. The van der Waals surface area contributed by atoms with Crippen LogP contribution in [0.2, 0.25) is 0 Å². The van der Waals surface area contributed by atoms with Gasteiger partial charge in [-0.1, -0.05) is 18.7 Å². The highest BCUT2D eigenvalue weighted by Gasteiger charge is 2.09. The van der Waals surface area contributed by atoms with Gasteiger partial charge >= 0.3 is 0 Å². The number of thioether (sulfide) groups is 1. The van der Waals surface area contributed by atoms with E-state index in [1.54, 1.807) is 11.6 Å². The molecule has 0 aromatic carbocycles. The van der Waals surface area contributed by atoms with E-state index < -0.39 is 0 Å². The Kier molecular flexibility index (Phi) is 3.94. The maximum atomic E-state index is 11.3. The third kappa shape index (κ3) is 2.47. The molecule has 1 amide bonds. The first-order valence-corrected chi connectivity index (χ1v) is 5.67. The molecule has 14 heavy (non-hydrogen) atoms. The first-order chi connectivity index (χ1) is 6.69. The van der Waals surface area contributed by atoms with Crippen LogP contribution >= 0.6 is 11.8 Å². The Morgan fingerprint density at radius 3 is 2.86 bits per heavy atom. The molecule has 0 saturated carbocycles. The van der Waals surface area contributed by atoms with Crippen LogP contribution in [0.3, 0.4) is 0 Å². The second-order valence-corrected chi connectivity index (χ2v) is 3.63. The number of hydrogen-bond acceptors (Lipinski definition) is 4. The molecule has 0 aliphatic heterocycles. The molecular formula is C8H14N4OS. The van der Waals surface area contributed by atoms with E-state index in [-0.39, 0.29) is 5.91 Å². The number of aryl methyl sites for hydroxylation is 1. The lowest BCUT2D eigenvalue weighted by Crippen LogP contribution is -2.24. The van der Waals surface area contributed by atoms with Crippen molar-refractivity contribution in [3.63, 3.8) is 0 Å². The van der Waals surface area contributed by atoms with Gasteiger partial charge in [-0.25, -0.2) is 4.68 Å². The van der Waals surface area contributed by atoms with E-state index in [2.05, 4.69) is 15.6 Å². The molecule has 1 aromatic rings. The molecule has 78 valence electrons. The Morgan fingerprint density at radius 2 is 2.29 bits per heavy atom. The standard InChI is InChI=1S/C8H14N4OS/c1-4-5-7(13)11-12-6(2)9-10-8(12)14-3/h4-5H2,1-3H3,(H,11,13). The molecular weight excluding hydrogens is 200 g/mol. The Labute approximate surface area is 87.3 Å². The van der Waals surface area contributed by atoms with Crippen LogP contribution in [-0.2, 0) is 4.79 Å². The van der Waals surface area contributed by atoms with E-state index in [4.69, 9.17) is 0 Å². The summed E-state index contributed by atoms with van der Waals surface area (Å²) in [5.41, 5.74) is 2.74. The van der Waals surface area contributed by atoms with Crippen molar-refractivity contribution in [2.75, 3.05) is 11.7 Å². The molecule has 1 heterocycles. The first-order valence-electron chi connectivity index (χ1n) is 4.45. The molecule has 0 bridgehead atoms. The van der Waals surface area contributed by atoms with E-state index in [1.807, 2.05) is 13.2 Å². The van der Waals surface area contributed by atoms with Gasteiger partial charge in [-0.15, -0.1) is 10.2 Å². The highest BCUT2D eigenvalue weighted by atomic mass is 32.2. The molecule has 1 rings (SSSR count). The van der Waals surface area contributed by atoms with Crippen LogP contribution in [0.4, 0.5) is 0 Å². The molecule has 1 N–H and O–H groups in total. The lowest BCUT2D eigenvalue weighted by molar-refractivity contribution is -0.117. The van der Waals surface area contributed by atoms with E-state index in [1.165, 1.54) is 11.8 Å². The number of rotatable bonds is 4. The Hall–Kier alpha value is -1.04. The third-order valence-electron chi connectivity index (χ3n) is 1.69. The van der Waals surface area contributed by atoms with Gasteiger partial charge in [-0.05, 0) is 19.6 Å². The average molecular weight is 214 g/mol. The molecule has 0 saturated heterocycles. The van der Waals surface area contributed by atoms with Crippen molar-refractivity contribution in [3.05, 3.63) is 5.82 Å². The summed E-state index contributed by atoms with van der Waals surface area (Å²) >= 11 is 1.45. The third-order valence-corrected chi connectivity index (χ3v) is 2.32.